The van der Waals surface area contributed by atoms with Crippen molar-refractivity contribution in [1.29, 1.82) is 0 Å². The molecule has 0 saturated carbocycles. The molecule has 4 heterocycles. The van der Waals surface area contributed by atoms with E-state index in [1.165, 1.54) is 4.90 Å². The molecule has 1 aromatic carbocycles. The molecule has 2 saturated heterocycles. The lowest BCUT2D eigenvalue weighted by Gasteiger charge is -2.42. The van der Waals surface area contributed by atoms with Gasteiger partial charge < -0.3 is 9.47 Å². The lowest BCUT2D eigenvalue weighted by atomic mass is 9.85. The number of hydrogen-bond acceptors (Lipinski definition) is 5. The third-order valence-electron chi connectivity index (χ3n) is 7.14. The number of carbonyl (C=O) groups is 2. The van der Waals surface area contributed by atoms with E-state index < -0.39 is 5.54 Å². The van der Waals surface area contributed by atoms with Gasteiger partial charge >= 0.3 is 6.03 Å². The van der Waals surface area contributed by atoms with Crippen molar-refractivity contribution in [1.82, 2.24) is 29.2 Å². The lowest BCUT2D eigenvalue weighted by Crippen LogP contribution is -2.57. The maximum absolute atomic E-state index is 13.7. The Hall–Kier alpha value is -3.26. The number of amides is 3. The van der Waals surface area contributed by atoms with Crippen LogP contribution in [0, 0.1) is 5.92 Å². The Balaban J connectivity index is 1.34. The number of nitrogens with zero attached hydrogens (tertiary/aromatic N) is 6. The number of para-hydroxylation sites is 2. The number of imidazole rings is 1. The minimum absolute atomic E-state index is 0.0776. The molecular weight excluding hydrogens is 428 g/mol. The molecular formula is C26H32N6O2. The average molecular weight is 461 g/mol. The summed E-state index contributed by atoms with van der Waals surface area (Å²) in [6, 6.07) is 13.5. The number of benzene rings is 1. The molecule has 2 fully saturated rings. The number of urea groups is 1. The van der Waals surface area contributed by atoms with E-state index >= 15 is 0 Å². The van der Waals surface area contributed by atoms with E-state index in [1.807, 2.05) is 41.3 Å². The predicted octanol–water partition coefficient (Wildman–Crippen LogP) is 3.42. The number of hydrogen-bond donors (Lipinski definition) is 0. The van der Waals surface area contributed by atoms with Crippen molar-refractivity contribution in [2.45, 2.75) is 45.3 Å². The van der Waals surface area contributed by atoms with Crippen LogP contribution in [0.4, 0.5) is 4.79 Å². The van der Waals surface area contributed by atoms with Crippen LogP contribution in [0.2, 0.25) is 0 Å². The largest absolute Gasteiger partial charge is 0.330 e. The third kappa shape index (κ3) is 3.86. The maximum Gasteiger partial charge on any atom is 0.328 e. The van der Waals surface area contributed by atoms with Crippen LogP contribution in [-0.4, -0.2) is 66.3 Å². The molecule has 0 atom stereocenters. The monoisotopic (exact) mass is 460 g/mol. The van der Waals surface area contributed by atoms with Crippen LogP contribution in [0.3, 0.4) is 0 Å². The van der Waals surface area contributed by atoms with Gasteiger partial charge in [-0.3, -0.25) is 19.6 Å². The summed E-state index contributed by atoms with van der Waals surface area (Å²) in [4.78, 5) is 41.9. The number of rotatable bonds is 6. The van der Waals surface area contributed by atoms with E-state index in [0.717, 1.165) is 42.2 Å². The van der Waals surface area contributed by atoms with Crippen LogP contribution in [0.1, 0.15) is 38.2 Å². The van der Waals surface area contributed by atoms with Crippen molar-refractivity contribution >= 4 is 23.0 Å². The van der Waals surface area contributed by atoms with Gasteiger partial charge in [0.25, 0.3) is 5.91 Å². The normalized spacial score (nSPS) is 18.7. The SMILES string of the molecule is CC(C)CN1C(=O)N(Cc2ccccn2)C(=O)C12CCN(Cc1nc3ccccc3n1C)CC2. The fourth-order valence-electron chi connectivity index (χ4n) is 5.30. The summed E-state index contributed by atoms with van der Waals surface area (Å²) < 4.78 is 2.14. The van der Waals surface area contributed by atoms with Crippen LogP contribution in [0.5, 0.6) is 0 Å². The van der Waals surface area contributed by atoms with Crippen molar-refractivity contribution in [2.24, 2.45) is 13.0 Å². The van der Waals surface area contributed by atoms with Gasteiger partial charge in [-0.25, -0.2) is 9.78 Å². The molecule has 178 valence electrons. The standard InChI is InChI=1S/C26H32N6O2/c1-19(2)16-32-25(34)31(17-20-8-6-7-13-27-20)24(33)26(32)11-14-30(15-12-26)18-23-28-21-9-4-5-10-22(21)29(23)3/h4-10,13,19H,11-12,14-18H2,1-3H3. The number of likely N-dealkylation sites (tertiary alicyclic amines) is 1. The second-order valence-electron chi connectivity index (χ2n) is 9.88. The Morgan fingerprint density at radius 3 is 2.41 bits per heavy atom. The van der Waals surface area contributed by atoms with Crippen LogP contribution < -0.4 is 0 Å². The molecule has 0 unspecified atom stereocenters. The predicted molar refractivity (Wildman–Crippen MR) is 130 cm³/mol. The van der Waals surface area contributed by atoms with E-state index in [2.05, 4.69) is 41.4 Å². The minimum atomic E-state index is -0.765. The first-order chi connectivity index (χ1) is 16.4. The molecule has 0 aliphatic carbocycles. The van der Waals surface area contributed by atoms with Gasteiger partial charge in [0.05, 0.1) is 29.8 Å². The van der Waals surface area contributed by atoms with Gasteiger partial charge in [-0.15, -0.1) is 0 Å². The number of carbonyl (C=O) groups excluding carboxylic acids is 2. The van der Waals surface area contributed by atoms with Gasteiger partial charge in [0, 0.05) is 32.9 Å². The van der Waals surface area contributed by atoms with E-state index in [1.54, 1.807) is 6.20 Å². The maximum atomic E-state index is 13.7. The topological polar surface area (TPSA) is 74.6 Å². The molecule has 2 aliphatic rings. The highest BCUT2D eigenvalue weighted by Crippen LogP contribution is 2.38. The molecule has 8 nitrogen and oxygen atoms in total. The van der Waals surface area contributed by atoms with Crippen LogP contribution in [0.25, 0.3) is 11.0 Å². The molecule has 8 heteroatoms. The smallest absolute Gasteiger partial charge is 0.328 e. The molecule has 0 bridgehead atoms. The van der Waals surface area contributed by atoms with Crippen molar-refractivity contribution in [3.63, 3.8) is 0 Å². The molecule has 0 radical (unpaired) electrons. The van der Waals surface area contributed by atoms with Gasteiger partial charge in [-0.05, 0) is 43.0 Å². The molecule has 0 N–H and O–H groups in total. The number of pyridine rings is 1. The zero-order chi connectivity index (χ0) is 23.9. The molecule has 1 spiro atoms. The average Bonchev–Trinajstić information content (AvgIpc) is 3.24. The summed E-state index contributed by atoms with van der Waals surface area (Å²) in [6.07, 6.45) is 2.96. The Kier molecular flexibility index (Phi) is 5.85. The van der Waals surface area contributed by atoms with Crippen LogP contribution >= 0.6 is 0 Å². The molecule has 3 amide bonds. The van der Waals surface area contributed by atoms with E-state index in [9.17, 15) is 9.59 Å². The van der Waals surface area contributed by atoms with Crippen LogP contribution in [-0.2, 0) is 24.9 Å². The van der Waals surface area contributed by atoms with Gasteiger partial charge in [-0.2, -0.15) is 0 Å². The fraction of sp³-hybridized carbons (Fsp3) is 0.462. The van der Waals surface area contributed by atoms with E-state index in [0.29, 0.717) is 19.4 Å². The number of piperidine rings is 1. The summed E-state index contributed by atoms with van der Waals surface area (Å²) >= 11 is 0. The summed E-state index contributed by atoms with van der Waals surface area (Å²) in [5, 5.41) is 0. The van der Waals surface area contributed by atoms with E-state index in [-0.39, 0.29) is 24.4 Å². The highest BCUT2D eigenvalue weighted by atomic mass is 16.2. The van der Waals surface area contributed by atoms with Crippen molar-refractivity contribution < 1.29 is 9.59 Å². The highest BCUT2D eigenvalue weighted by molar-refractivity contribution is 6.07. The lowest BCUT2D eigenvalue weighted by molar-refractivity contribution is -0.136. The molecule has 5 rings (SSSR count). The number of aromatic nitrogens is 3. The number of fused-ring (bicyclic) bond motifs is 1. The molecule has 3 aromatic rings. The second kappa shape index (κ2) is 8.83. The second-order valence-corrected chi connectivity index (χ2v) is 9.88. The first kappa shape index (κ1) is 22.5. The molecule has 34 heavy (non-hydrogen) atoms. The van der Waals surface area contributed by atoms with Gasteiger partial charge in [0.1, 0.15) is 11.4 Å². The summed E-state index contributed by atoms with van der Waals surface area (Å²) in [6.45, 7) is 7.20. The van der Waals surface area contributed by atoms with Gasteiger partial charge in [0.2, 0.25) is 0 Å². The summed E-state index contributed by atoms with van der Waals surface area (Å²) in [7, 11) is 2.05. The molecule has 2 aliphatic heterocycles. The van der Waals surface area contributed by atoms with Gasteiger partial charge in [-0.1, -0.05) is 32.0 Å². The van der Waals surface area contributed by atoms with Crippen molar-refractivity contribution in [2.75, 3.05) is 19.6 Å². The summed E-state index contributed by atoms with van der Waals surface area (Å²) in [5.41, 5.74) is 2.08. The van der Waals surface area contributed by atoms with Crippen LogP contribution in [0.15, 0.2) is 48.7 Å². The Morgan fingerprint density at radius 1 is 1.00 bits per heavy atom. The fourth-order valence-corrected chi connectivity index (χ4v) is 5.30. The quantitative estimate of drug-likeness (QED) is 0.527. The first-order valence-electron chi connectivity index (χ1n) is 12.1. The Labute approximate surface area is 200 Å². The zero-order valence-corrected chi connectivity index (χ0v) is 20.1. The summed E-state index contributed by atoms with van der Waals surface area (Å²) in [5.74, 6) is 1.22. The number of imide groups is 1. The Bertz CT molecular complexity index is 1200. The highest BCUT2D eigenvalue weighted by Gasteiger charge is 2.57. The van der Waals surface area contributed by atoms with Crippen molar-refractivity contribution in [3.8, 4) is 0 Å². The van der Waals surface area contributed by atoms with Crippen molar-refractivity contribution in [3.05, 3.63) is 60.2 Å². The van der Waals surface area contributed by atoms with E-state index in [4.69, 9.17) is 4.98 Å². The number of aryl methyl sites for hydroxylation is 1. The zero-order valence-electron chi connectivity index (χ0n) is 20.1. The van der Waals surface area contributed by atoms with Gasteiger partial charge in [0.15, 0.2) is 0 Å². The first-order valence-corrected chi connectivity index (χ1v) is 12.1. The minimum Gasteiger partial charge on any atom is -0.330 e. The molecule has 2 aromatic heterocycles. The Morgan fingerprint density at radius 2 is 1.74 bits per heavy atom. The third-order valence-corrected chi connectivity index (χ3v) is 7.14.